The van der Waals surface area contributed by atoms with Crippen LogP contribution in [0.1, 0.15) is 24.5 Å². The summed E-state index contributed by atoms with van der Waals surface area (Å²) in [6, 6.07) is 5.58. The van der Waals surface area contributed by atoms with Crippen LogP contribution < -0.4 is 5.32 Å². The molecule has 2 unspecified atom stereocenters. The van der Waals surface area contributed by atoms with Gasteiger partial charge in [0.1, 0.15) is 12.7 Å². The van der Waals surface area contributed by atoms with Crippen molar-refractivity contribution in [3.8, 4) is 11.8 Å². The number of aliphatic hydroxyl groups excluding tert-OH is 1. The van der Waals surface area contributed by atoms with Gasteiger partial charge in [0.05, 0.1) is 0 Å². The fourth-order valence-electron chi connectivity index (χ4n) is 2.21. The number of aliphatic hydroxyl groups is 1. The first-order chi connectivity index (χ1) is 9.61. The molecule has 1 heterocycles. The van der Waals surface area contributed by atoms with Crippen LogP contribution in [0.2, 0.25) is 0 Å². The Labute approximate surface area is 119 Å². The summed E-state index contributed by atoms with van der Waals surface area (Å²) in [6.45, 7) is 4.41. The van der Waals surface area contributed by atoms with Crippen molar-refractivity contribution < 1.29 is 14.6 Å². The maximum Gasteiger partial charge on any atom is 0.253 e. The molecular weight excluding hydrogens is 254 g/mol. The normalized spacial score (nSPS) is 21.1. The quantitative estimate of drug-likeness (QED) is 0.806. The molecule has 4 heteroatoms. The minimum atomic E-state index is -0.374. The molecule has 0 aliphatic carbocycles. The molecule has 1 fully saturated rings. The molecule has 0 radical (unpaired) electrons. The molecule has 1 aromatic carbocycles. The smallest absolute Gasteiger partial charge is 0.253 e. The average Bonchev–Trinajstić information content (AvgIpc) is 2.86. The predicted octanol–water partition coefficient (Wildman–Crippen LogP) is 1.70. The summed E-state index contributed by atoms with van der Waals surface area (Å²) in [5, 5.41) is 11.6. The lowest BCUT2D eigenvalue weighted by molar-refractivity contribution is -0.126. The number of anilines is 1. The SMILES string of the molecule is Cc1ccc(C#CCO)cc1NC(=O)C1OCCC1C. The van der Waals surface area contributed by atoms with Gasteiger partial charge in [0, 0.05) is 17.9 Å². The van der Waals surface area contributed by atoms with E-state index in [0.29, 0.717) is 6.61 Å². The second-order valence-electron chi connectivity index (χ2n) is 5.04. The first-order valence-electron chi connectivity index (χ1n) is 6.74. The van der Waals surface area contributed by atoms with Crippen LogP contribution in [0.15, 0.2) is 18.2 Å². The fourth-order valence-corrected chi connectivity index (χ4v) is 2.21. The molecule has 1 saturated heterocycles. The molecule has 106 valence electrons. The fraction of sp³-hybridized carbons (Fsp3) is 0.438. The van der Waals surface area contributed by atoms with E-state index in [2.05, 4.69) is 17.2 Å². The number of carbonyl (C=O) groups is 1. The van der Waals surface area contributed by atoms with Crippen molar-refractivity contribution in [2.75, 3.05) is 18.5 Å². The highest BCUT2D eigenvalue weighted by Gasteiger charge is 2.30. The Bertz CT molecular complexity index is 557. The van der Waals surface area contributed by atoms with E-state index in [0.717, 1.165) is 23.2 Å². The van der Waals surface area contributed by atoms with E-state index in [9.17, 15) is 4.79 Å². The van der Waals surface area contributed by atoms with Gasteiger partial charge in [0.25, 0.3) is 5.91 Å². The number of aryl methyl sites for hydroxylation is 1. The predicted molar refractivity (Wildman–Crippen MR) is 77.3 cm³/mol. The van der Waals surface area contributed by atoms with E-state index < -0.39 is 0 Å². The molecule has 0 aromatic heterocycles. The van der Waals surface area contributed by atoms with Gasteiger partial charge in [-0.2, -0.15) is 0 Å². The summed E-state index contributed by atoms with van der Waals surface area (Å²) in [7, 11) is 0. The highest BCUT2D eigenvalue weighted by molar-refractivity contribution is 5.95. The van der Waals surface area contributed by atoms with Gasteiger partial charge in [-0.3, -0.25) is 4.79 Å². The van der Waals surface area contributed by atoms with Crippen LogP contribution >= 0.6 is 0 Å². The first-order valence-corrected chi connectivity index (χ1v) is 6.74. The van der Waals surface area contributed by atoms with E-state index in [4.69, 9.17) is 9.84 Å². The van der Waals surface area contributed by atoms with Crippen LogP contribution in [0.3, 0.4) is 0 Å². The molecule has 20 heavy (non-hydrogen) atoms. The largest absolute Gasteiger partial charge is 0.384 e. The van der Waals surface area contributed by atoms with Crippen molar-refractivity contribution in [2.45, 2.75) is 26.4 Å². The van der Waals surface area contributed by atoms with Crippen LogP contribution in [0.5, 0.6) is 0 Å². The summed E-state index contributed by atoms with van der Waals surface area (Å²) in [6.07, 6.45) is 0.542. The third kappa shape index (κ3) is 3.38. The Kier molecular flexibility index (Phi) is 4.78. The Morgan fingerprint density at radius 1 is 1.55 bits per heavy atom. The van der Waals surface area contributed by atoms with E-state index in [1.807, 2.05) is 32.0 Å². The standard InChI is InChI=1S/C16H19NO3/c1-11-5-6-13(4-3-8-18)10-14(11)17-16(19)15-12(2)7-9-20-15/h5-6,10,12,15,18H,7-9H2,1-2H3,(H,17,19). The number of carbonyl (C=O) groups excluding carboxylic acids is 1. The molecular formula is C16H19NO3. The lowest BCUT2D eigenvalue weighted by Crippen LogP contribution is -2.31. The third-order valence-electron chi connectivity index (χ3n) is 3.45. The lowest BCUT2D eigenvalue weighted by atomic mass is 10.0. The summed E-state index contributed by atoms with van der Waals surface area (Å²) >= 11 is 0. The van der Waals surface area contributed by atoms with Gasteiger partial charge in [-0.25, -0.2) is 0 Å². The maximum atomic E-state index is 12.2. The van der Waals surface area contributed by atoms with Gasteiger partial charge in [-0.15, -0.1) is 0 Å². The number of rotatable bonds is 2. The highest BCUT2D eigenvalue weighted by Crippen LogP contribution is 2.23. The zero-order valence-corrected chi connectivity index (χ0v) is 11.8. The van der Waals surface area contributed by atoms with Gasteiger partial charge in [0.2, 0.25) is 0 Å². The van der Waals surface area contributed by atoms with Crippen LogP contribution in [0.4, 0.5) is 5.69 Å². The summed E-state index contributed by atoms with van der Waals surface area (Å²) < 4.78 is 5.46. The topological polar surface area (TPSA) is 58.6 Å². The molecule has 1 amide bonds. The van der Waals surface area contributed by atoms with Crippen molar-refractivity contribution in [1.29, 1.82) is 0 Å². The summed E-state index contributed by atoms with van der Waals surface area (Å²) in [5.74, 6) is 5.56. The first kappa shape index (κ1) is 14.6. The molecule has 2 atom stereocenters. The van der Waals surface area contributed by atoms with E-state index in [1.165, 1.54) is 0 Å². The third-order valence-corrected chi connectivity index (χ3v) is 3.45. The van der Waals surface area contributed by atoms with Gasteiger partial charge in [-0.05, 0) is 37.0 Å². The van der Waals surface area contributed by atoms with E-state index >= 15 is 0 Å². The molecule has 1 aromatic rings. The second-order valence-corrected chi connectivity index (χ2v) is 5.04. The van der Waals surface area contributed by atoms with Crippen molar-refractivity contribution in [3.63, 3.8) is 0 Å². The lowest BCUT2D eigenvalue weighted by Gasteiger charge is -2.16. The number of ether oxygens (including phenoxy) is 1. The molecule has 0 saturated carbocycles. The van der Waals surface area contributed by atoms with Crippen molar-refractivity contribution in [2.24, 2.45) is 5.92 Å². The monoisotopic (exact) mass is 273 g/mol. The van der Waals surface area contributed by atoms with Crippen molar-refractivity contribution in [3.05, 3.63) is 29.3 Å². The maximum absolute atomic E-state index is 12.2. The molecule has 1 aliphatic heterocycles. The summed E-state index contributed by atoms with van der Waals surface area (Å²) in [5.41, 5.74) is 2.47. The Hall–Kier alpha value is -1.83. The van der Waals surface area contributed by atoms with Gasteiger partial charge in [0.15, 0.2) is 0 Å². The Morgan fingerprint density at radius 3 is 3.00 bits per heavy atom. The van der Waals surface area contributed by atoms with Crippen molar-refractivity contribution in [1.82, 2.24) is 0 Å². The van der Waals surface area contributed by atoms with Crippen molar-refractivity contribution >= 4 is 11.6 Å². The molecule has 2 rings (SSSR count). The second kappa shape index (κ2) is 6.56. The molecule has 4 nitrogen and oxygen atoms in total. The molecule has 0 bridgehead atoms. The summed E-state index contributed by atoms with van der Waals surface area (Å²) in [4.78, 5) is 12.2. The van der Waals surface area contributed by atoms with Gasteiger partial charge >= 0.3 is 0 Å². The van der Waals surface area contributed by atoms with Crippen LogP contribution in [0, 0.1) is 24.7 Å². The van der Waals surface area contributed by atoms with Crippen LogP contribution in [0.25, 0.3) is 0 Å². The molecule has 1 aliphatic rings. The number of amides is 1. The van der Waals surface area contributed by atoms with Gasteiger partial charge < -0.3 is 15.2 Å². The van der Waals surface area contributed by atoms with E-state index in [1.54, 1.807) is 0 Å². The zero-order chi connectivity index (χ0) is 14.5. The number of nitrogens with one attached hydrogen (secondary N) is 1. The van der Waals surface area contributed by atoms with Crippen LogP contribution in [-0.4, -0.2) is 30.3 Å². The minimum Gasteiger partial charge on any atom is -0.384 e. The molecule has 0 spiro atoms. The highest BCUT2D eigenvalue weighted by atomic mass is 16.5. The number of benzene rings is 1. The Morgan fingerprint density at radius 2 is 2.35 bits per heavy atom. The number of hydrogen-bond donors (Lipinski definition) is 2. The molecule has 2 N–H and O–H groups in total. The minimum absolute atomic E-state index is 0.106. The van der Waals surface area contributed by atoms with Crippen LogP contribution in [-0.2, 0) is 9.53 Å². The number of hydrogen-bond acceptors (Lipinski definition) is 3. The van der Waals surface area contributed by atoms with Gasteiger partial charge in [-0.1, -0.05) is 24.8 Å². The average molecular weight is 273 g/mol. The Balaban J connectivity index is 2.13. The van der Waals surface area contributed by atoms with E-state index in [-0.39, 0.29) is 24.5 Å². The zero-order valence-electron chi connectivity index (χ0n) is 11.8.